The number of nitrogens with zero attached hydrogens (tertiary/aromatic N) is 5. The van der Waals surface area contributed by atoms with Gasteiger partial charge in [0.2, 0.25) is 0 Å². The number of benzene rings is 2. The van der Waals surface area contributed by atoms with Gasteiger partial charge in [0.15, 0.2) is 11.3 Å². The Morgan fingerprint density at radius 1 is 0.968 bits per heavy atom. The zero-order chi connectivity index (χ0) is 21.7. The minimum atomic E-state index is -0.0683. The predicted molar refractivity (Wildman–Crippen MR) is 125 cm³/mol. The molecule has 0 radical (unpaired) electrons. The van der Waals surface area contributed by atoms with Gasteiger partial charge in [-0.05, 0) is 50.1 Å². The second-order valence-corrected chi connectivity index (χ2v) is 8.32. The maximum Gasteiger partial charge on any atom is 0.265 e. The van der Waals surface area contributed by atoms with E-state index in [0.29, 0.717) is 39.6 Å². The van der Waals surface area contributed by atoms with Gasteiger partial charge in [-0.3, -0.25) is 9.36 Å². The minimum absolute atomic E-state index is 0.0486. The number of fused-ring (bicyclic) bond motifs is 4. The second-order valence-electron chi connectivity index (χ2n) is 7.89. The third-order valence-electron chi connectivity index (χ3n) is 5.86. The molecule has 3 aromatic heterocycles. The van der Waals surface area contributed by atoms with Crippen LogP contribution < -0.4 is 5.56 Å². The van der Waals surface area contributed by atoms with E-state index in [-0.39, 0.29) is 11.6 Å². The molecule has 6 nitrogen and oxygen atoms in total. The van der Waals surface area contributed by atoms with E-state index >= 15 is 0 Å². The molecule has 2 aromatic carbocycles. The van der Waals surface area contributed by atoms with Gasteiger partial charge in [0, 0.05) is 11.1 Å². The third kappa shape index (κ3) is 3.18. The van der Waals surface area contributed by atoms with Crippen LogP contribution in [0.15, 0.2) is 53.3 Å². The van der Waals surface area contributed by atoms with Gasteiger partial charge in [0.25, 0.3) is 5.56 Å². The maximum atomic E-state index is 13.6. The van der Waals surface area contributed by atoms with Crippen LogP contribution >= 0.6 is 11.6 Å². The lowest BCUT2D eigenvalue weighted by Gasteiger charge is -2.16. The number of para-hydroxylation sites is 2. The molecule has 0 aliphatic rings. The summed E-state index contributed by atoms with van der Waals surface area (Å²) >= 11 is 6.07. The first-order valence-electron chi connectivity index (χ1n) is 10.4. The van der Waals surface area contributed by atoms with Gasteiger partial charge in [0.05, 0.1) is 17.6 Å². The van der Waals surface area contributed by atoms with Gasteiger partial charge >= 0.3 is 0 Å². The van der Waals surface area contributed by atoms with Crippen molar-refractivity contribution in [2.24, 2.45) is 0 Å². The maximum absolute atomic E-state index is 13.6. The third-order valence-corrected chi connectivity index (χ3v) is 6.11. The quantitative estimate of drug-likeness (QED) is 0.388. The van der Waals surface area contributed by atoms with Crippen molar-refractivity contribution in [3.63, 3.8) is 0 Å². The Kier molecular flexibility index (Phi) is 4.74. The van der Waals surface area contributed by atoms with E-state index in [1.54, 1.807) is 4.57 Å². The molecule has 5 rings (SSSR count). The molecular formula is C24H22ClN5O. The van der Waals surface area contributed by atoms with Crippen LogP contribution in [-0.2, 0) is 6.54 Å². The number of aromatic nitrogens is 5. The molecule has 156 valence electrons. The van der Waals surface area contributed by atoms with Crippen molar-refractivity contribution < 1.29 is 0 Å². The molecule has 0 spiro atoms. The lowest BCUT2D eigenvalue weighted by atomic mass is 10.2. The average Bonchev–Trinajstić information content (AvgIpc) is 3.05. The van der Waals surface area contributed by atoms with Crippen LogP contribution in [0.2, 0.25) is 5.02 Å². The topological polar surface area (TPSA) is 65.6 Å². The first-order chi connectivity index (χ1) is 15.0. The van der Waals surface area contributed by atoms with Crippen molar-refractivity contribution in [2.75, 3.05) is 0 Å². The first kappa shape index (κ1) is 19.7. The van der Waals surface area contributed by atoms with Crippen LogP contribution in [0.3, 0.4) is 0 Å². The van der Waals surface area contributed by atoms with Crippen molar-refractivity contribution in [1.29, 1.82) is 0 Å². The largest absolute Gasteiger partial charge is 0.304 e. The standard InChI is InChI=1S/C24H22ClN5O/c1-4-14(2)30-15(3)26-22-20(24(30)31)21-23(28-19-8-6-5-7-18(19)27-21)29(22)13-16-9-11-17(25)12-10-16/h5-12,14H,4,13H2,1-3H3/t14-/m1/s1. The molecule has 5 aromatic rings. The summed E-state index contributed by atoms with van der Waals surface area (Å²) in [6.07, 6.45) is 0.839. The molecule has 0 fully saturated rings. The van der Waals surface area contributed by atoms with E-state index in [2.05, 4.69) is 6.92 Å². The summed E-state index contributed by atoms with van der Waals surface area (Å²) in [6.45, 7) is 6.51. The molecule has 0 saturated heterocycles. The van der Waals surface area contributed by atoms with E-state index in [1.165, 1.54) is 0 Å². The highest BCUT2D eigenvalue weighted by molar-refractivity contribution is 6.30. The molecule has 0 aliphatic carbocycles. The van der Waals surface area contributed by atoms with Gasteiger partial charge in [-0.15, -0.1) is 0 Å². The number of aryl methyl sites for hydroxylation is 1. The monoisotopic (exact) mass is 431 g/mol. The second kappa shape index (κ2) is 7.46. The Labute approximate surface area is 184 Å². The molecule has 3 heterocycles. The smallest absolute Gasteiger partial charge is 0.265 e. The molecule has 0 aliphatic heterocycles. The lowest BCUT2D eigenvalue weighted by molar-refractivity contribution is 0.496. The van der Waals surface area contributed by atoms with E-state index < -0.39 is 0 Å². The zero-order valence-electron chi connectivity index (χ0n) is 17.6. The lowest BCUT2D eigenvalue weighted by Crippen LogP contribution is -2.26. The van der Waals surface area contributed by atoms with Crippen molar-refractivity contribution in [2.45, 2.75) is 39.8 Å². The molecule has 0 amide bonds. The summed E-state index contributed by atoms with van der Waals surface area (Å²) in [5, 5.41) is 1.20. The van der Waals surface area contributed by atoms with Crippen LogP contribution in [0, 0.1) is 6.92 Å². The summed E-state index contributed by atoms with van der Waals surface area (Å²) in [6, 6.07) is 15.4. The summed E-state index contributed by atoms with van der Waals surface area (Å²) in [5.74, 6) is 0.691. The van der Waals surface area contributed by atoms with Crippen LogP contribution in [0.4, 0.5) is 0 Å². The Morgan fingerprint density at radius 2 is 1.65 bits per heavy atom. The Balaban J connectivity index is 1.89. The van der Waals surface area contributed by atoms with Crippen molar-refractivity contribution in [1.82, 2.24) is 24.1 Å². The Morgan fingerprint density at radius 3 is 2.32 bits per heavy atom. The number of halogens is 1. The Hall–Kier alpha value is -3.25. The molecular weight excluding hydrogens is 410 g/mol. The molecule has 0 saturated carbocycles. The van der Waals surface area contributed by atoms with Gasteiger partial charge in [0.1, 0.15) is 16.7 Å². The van der Waals surface area contributed by atoms with E-state index in [1.807, 2.05) is 66.9 Å². The van der Waals surface area contributed by atoms with Crippen molar-refractivity contribution >= 4 is 44.8 Å². The van der Waals surface area contributed by atoms with Crippen molar-refractivity contribution in [3.05, 3.63) is 75.3 Å². The fourth-order valence-corrected chi connectivity index (χ4v) is 4.23. The summed E-state index contributed by atoms with van der Waals surface area (Å²) in [4.78, 5) is 28.2. The van der Waals surface area contributed by atoms with Crippen LogP contribution in [0.25, 0.3) is 33.2 Å². The number of hydrogen-bond donors (Lipinski definition) is 0. The number of hydrogen-bond acceptors (Lipinski definition) is 4. The van der Waals surface area contributed by atoms with Crippen LogP contribution in [-0.4, -0.2) is 24.1 Å². The van der Waals surface area contributed by atoms with Crippen LogP contribution in [0.5, 0.6) is 0 Å². The zero-order valence-corrected chi connectivity index (χ0v) is 18.4. The van der Waals surface area contributed by atoms with Gasteiger partial charge < -0.3 is 4.57 Å². The van der Waals surface area contributed by atoms with Gasteiger partial charge in [-0.1, -0.05) is 42.8 Å². The fourth-order valence-electron chi connectivity index (χ4n) is 4.10. The Bertz CT molecular complexity index is 1500. The molecule has 0 unspecified atom stereocenters. The average molecular weight is 432 g/mol. The molecule has 7 heteroatoms. The highest BCUT2D eigenvalue weighted by Gasteiger charge is 2.22. The highest BCUT2D eigenvalue weighted by Crippen LogP contribution is 2.27. The summed E-state index contributed by atoms with van der Waals surface area (Å²) in [7, 11) is 0. The van der Waals surface area contributed by atoms with Crippen LogP contribution in [0.1, 0.15) is 37.7 Å². The normalized spacial score (nSPS) is 12.8. The van der Waals surface area contributed by atoms with Crippen molar-refractivity contribution in [3.8, 4) is 0 Å². The molecule has 1 atom stereocenters. The fraction of sp³-hybridized carbons (Fsp3) is 0.250. The first-order valence-corrected chi connectivity index (χ1v) is 10.8. The van der Waals surface area contributed by atoms with E-state index in [0.717, 1.165) is 23.0 Å². The highest BCUT2D eigenvalue weighted by atomic mass is 35.5. The SMILES string of the molecule is CC[C@@H](C)n1c(C)nc2c(c1=O)c1nc3ccccc3nc1n2Cc1ccc(Cl)cc1. The predicted octanol–water partition coefficient (Wildman–Crippen LogP) is 5.28. The minimum Gasteiger partial charge on any atom is -0.304 e. The molecule has 0 bridgehead atoms. The van der Waals surface area contributed by atoms with E-state index in [4.69, 9.17) is 26.6 Å². The van der Waals surface area contributed by atoms with Gasteiger partial charge in [-0.25, -0.2) is 15.0 Å². The molecule has 0 N–H and O–H groups in total. The molecule has 31 heavy (non-hydrogen) atoms. The van der Waals surface area contributed by atoms with E-state index in [9.17, 15) is 4.79 Å². The number of rotatable bonds is 4. The summed E-state index contributed by atoms with van der Waals surface area (Å²) in [5.41, 5.74) is 4.39. The van der Waals surface area contributed by atoms with Gasteiger partial charge in [-0.2, -0.15) is 0 Å². The summed E-state index contributed by atoms with van der Waals surface area (Å²) < 4.78 is 3.76.